The lowest BCUT2D eigenvalue weighted by Crippen LogP contribution is -2.51. The number of hydrogen-bond donors (Lipinski definition) is 6. The summed E-state index contributed by atoms with van der Waals surface area (Å²) in [4.78, 5) is 65.2. The Bertz CT molecular complexity index is 2350. The van der Waals surface area contributed by atoms with Crippen molar-refractivity contribution in [2.75, 3.05) is 34.4 Å². The topological polar surface area (TPSA) is 188 Å². The number of aromatic nitrogens is 3. The molecule has 5 saturated carbocycles. The number of hydrogen-bond acceptors (Lipinski definition) is 12. The molecule has 2 amide bonds. The normalized spacial score (nSPS) is 24.9. The molecule has 9 rings (SSSR count). The van der Waals surface area contributed by atoms with Crippen molar-refractivity contribution in [3.63, 3.8) is 0 Å². The molecule has 0 spiro atoms. The van der Waals surface area contributed by atoms with Crippen LogP contribution in [0.2, 0.25) is 5.02 Å². The number of fused-ring (bicyclic) bond motifs is 4. The molecule has 1 heterocycles. The second-order valence-electron chi connectivity index (χ2n) is 17.5. The van der Waals surface area contributed by atoms with Crippen LogP contribution in [0.25, 0.3) is 0 Å². The Balaban J connectivity index is 0.866. The van der Waals surface area contributed by atoms with Crippen LogP contribution >= 0.6 is 11.6 Å². The predicted molar refractivity (Wildman–Crippen MR) is 223 cm³/mol. The summed E-state index contributed by atoms with van der Waals surface area (Å²) in [5, 5.41) is 19.2. The largest absolute Gasteiger partial charge is 0.454 e. The molecule has 3 aromatic carbocycles. The maximum absolute atomic E-state index is 13.8. The maximum Gasteiger partial charge on any atom is 0.422 e. The summed E-state index contributed by atoms with van der Waals surface area (Å²) in [6.45, 7) is -1.44. The van der Waals surface area contributed by atoms with Gasteiger partial charge >= 0.3 is 12.2 Å². The summed E-state index contributed by atoms with van der Waals surface area (Å²) >= 11 is 6.07. The standard InChI is InChI=1S/C43H47ClF3N9O5/c44-28-9-7-27(8-10-28)42(14-15-42)56-40-53-39(54-41(55-40)61-21-43(45,46)47)49-29-11-5-24(6-12-29)37(59)51-30(38(60)52-32-20-23-2-4-26(32)18-23)13-16-48-33-34(36(58)35(33)57)50-31-19-22-1-3-25(31)17-22/h5-12,22-23,25-26,30-32,48,50H,1-4,13-21H2,(H,51,59)(H,52,60)(H2,49,53,54,55,56). The van der Waals surface area contributed by atoms with Crippen LogP contribution in [-0.4, -0.2) is 64.2 Å². The Labute approximate surface area is 354 Å². The third kappa shape index (κ3) is 9.12. The highest BCUT2D eigenvalue weighted by molar-refractivity contribution is 6.30. The number of rotatable bonds is 17. The van der Waals surface area contributed by atoms with Gasteiger partial charge in [-0.3, -0.25) is 19.2 Å². The number of anilines is 5. The molecule has 7 atom stereocenters. The Hall–Kier alpha value is -5.45. The smallest absolute Gasteiger partial charge is 0.422 e. The van der Waals surface area contributed by atoms with Gasteiger partial charge in [-0.25, -0.2) is 0 Å². The zero-order chi connectivity index (χ0) is 42.5. The summed E-state index contributed by atoms with van der Waals surface area (Å²) in [5.74, 6) is 1.23. The van der Waals surface area contributed by atoms with E-state index in [4.69, 9.17) is 16.3 Å². The van der Waals surface area contributed by atoms with Gasteiger partial charge in [-0.05, 0) is 123 Å². The van der Waals surface area contributed by atoms with Gasteiger partial charge in [0, 0.05) is 34.9 Å². The van der Waals surface area contributed by atoms with Gasteiger partial charge in [0.05, 0.1) is 5.54 Å². The lowest BCUT2D eigenvalue weighted by molar-refractivity contribution is -0.154. The maximum atomic E-state index is 13.8. The average molecular weight is 862 g/mol. The first-order valence-corrected chi connectivity index (χ1v) is 21.5. The molecule has 5 fully saturated rings. The number of benzene rings is 2. The van der Waals surface area contributed by atoms with Crippen LogP contribution in [0, 0.1) is 23.7 Å². The number of nitrogens with one attached hydrogen (secondary N) is 6. The van der Waals surface area contributed by atoms with Crippen LogP contribution in [0.15, 0.2) is 58.1 Å². The molecule has 5 aliphatic rings. The van der Waals surface area contributed by atoms with Crippen molar-refractivity contribution in [2.45, 2.75) is 100 Å². The number of halogens is 4. The highest BCUT2D eigenvalue weighted by Crippen LogP contribution is 2.49. The molecule has 4 bridgehead atoms. The number of ether oxygens (including phenoxy) is 1. The minimum atomic E-state index is -4.62. The Morgan fingerprint density at radius 2 is 1.48 bits per heavy atom. The molecule has 14 nitrogen and oxygen atoms in total. The molecule has 5 aliphatic carbocycles. The van der Waals surface area contributed by atoms with E-state index in [0.29, 0.717) is 40.1 Å². The molecular weight excluding hydrogens is 815 g/mol. The minimum Gasteiger partial charge on any atom is -0.454 e. The van der Waals surface area contributed by atoms with Crippen molar-refractivity contribution in [3.05, 3.63) is 85.1 Å². The lowest BCUT2D eigenvalue weighted by atomic mass is 9.94. The Kier molecular flexibility index (Phi) is 11.0. The first kappa shape index (κ1) is 40.9. The molecule has 0 radical (unpaired) electrons. The number of nitrogens with zero attached hydrogens (tertiary/aromatic N) is 3. The number of carbonyl (C=O) groups is 2. The van der Waals surface area contributed by atoms with Crippen LogP contribution in [0.3, 0.4) is 0 Å². The fraction of sp³-hybridized carbons (Fsp3) is 0.512. The fourth-order valence-electron chi connectivity index (χ4n) is 9.97. The van der Waals surface area contributed by atoms with Crippen LogP contribution in [0.1, 0.15) is 86.6 Å². The van der Waals surface area contributed by atoms with Crippen molar-refractivity contribution in [1.82, 2.24) is 25.6 Å². The monoisotopic (exact) mass is 861 g/mol. The zero-order valence-electron chi connectivity index (χ0n) is 33.2. The Morgan fingerprint density at radius 3 is 2.10 bits per heavy atom. The third-order valence-electron chi connectivity index (χ3n) is 13.3. The third-order valence-corrected chi connectivity index (χ3v) is 13.5. The zero-order valence-corrected chi connectivity index (χ0v) is 34.0. The highest BCUT2D eigenvalue weighted by Gasteiger charge is 2.46. The van der Waals surface area contributed by atoms with Crippen molar-refractivity contribution in [1.29, 1.82) is 0 Å². The van der Waals surface area contributed by atoms with Gasteiger partial charge in [0.2, 0.25) is 17.8 Å². The number of alkyl halides is 3. The molecule has 1 aromatic heterocycles. The van der Waals surface area contributed by atoms with E-state index >= 15 is 0 Å². The van der Waals surface area contributed by atoms with Crippen molar-refractivity contribution < 1.29 is 27.5 Å². The quantitative estimate of drug-likeness (QED) is 0.0642. The summed E-state index contributed by atoms with van der Waals surface area (Å²) < 4.78 is 44.2. The van der Waals surface area contributed by atoms with Crippen LogP contribution in [-0.2, 0) is 10.3 Å². The predicted octanol–water partition coefficient (Wildman–Crippen LogP) is 6.41. The van der Waals surface area contributed by atoms with Gasteiger partial charge in [0.1, 0.15) is 17.4 Å². The first-order chi connectivity index (χ1) is 29.3. The SMILES string of the molecule is O=C(NC(CCNc1c(NC2CC3CCC2C3)c(=O)c1=O)C(=O)NC1CC2CCC1C2)c1ccc(Nc2nc(NC3(c4ccc(Cl)cc4)CC3)nc(OCC(F)(F)F)n2)cc1. The summed E-state index contributed by atoms with van der Waals surface area (Å²) in [7, 11) is 0. The second-order valence-corrected chi connectivity index (χ2v) is 17.9. The number of carbonyl (C=O) groups excluding carboxylic acids is 2. The average Bonchev–Trinajstić information content (AvgIpc) is 3.64. The van der Waals surface area contributed by atoms with E-state index in [2.05, 4.69) is 46.9 Å². The van der Waals surface area contributed by atoms with Crippen LogP contribution in [0.5, 0.6) is 6.01 Å². The van der Waals surface area contributed by atoms with E-state index in [0.717, 1.165) is 63.4 Å². The van der Waals surface area contributed by atoms with Crippen molar-refractivity contribution in [3.8, 4) is 6.01 Å². The van der Waals surface area contributed by atoms with Gasteiger partial charge in [-0.15, -0.1) is 0 Å². The van der Waals surface area contributed by atoms with Crippen molar-refractivity contribution >= 4 is 52.4 Å². The van der Waals surface area contributed by atoms with E-state index in [-0.39, 0.29) is 54.1 Å². The van der Waals surface area contributed by atoms with Crippen LogP contribution < -0.4 is 47.5 Å². The first-order valence-electron chi connectivity index (χ1n) is 21.1. The van der Waals surface area contributed by atoms with Gasteiger partial charge in [0.15, 0.2) is 6.61 Å². The molecule has 18 heteroatoms. The fourth-order valence-corrected chi connectivity index (χ4v) is 10.1. The molecule has 7 unspecified atom stereocenters. The molecule has 322 valence electrons. The second kappa shape index (κ2) is 16.4. The van der Waals surface area contributed by atoms with Gasteiger partial charge in [0.25, 0.3) is 16.8 Å². The lowest BCUT2D eigenvalue weighted by Gasteiger charge is -2.27. The van der Waals surface area contributed by atoms with Gasteiger partial charge in [-0.2, -0.15) is 28.1 Å². The van der Waals surface area contributed by atoms with E-state index < -0.39 is 47.1 Å². The summed E-state index contributed by atoms with van der Waals surface area (Å²) in [6, 6.07) is 12.1. The van der Waals surface area contributed by atoms with Crippen LogP contribution in [0.4, 0.5) is 42.1 Å². The van der Waals surface area contributed by atoms with E-state index in [1.54, 1.807) is 24.3 Å². The van der Waals surface area contributed by atoms with Crippen molar-refractivity contribution in [2.24, 2.45) is 23.7 Å². The molecule has 4 aromatic rings. The van der Waals surface area contributed by atoms with E-state index in [1.807, 2.05) is 12.1 Å². The van der Waals surface area contributed by atoms with E-state index in [9.17, 15) is 32.3 Å². The van der Waals surface area contributed by atoms with Gasteiger partial charge < -0.3 is 36.6 Å². The molecule has 0 aliphatic heterocycles. The minimum absolute atomic E-state index is 0.0000326. The summed E-state index contributed by atoms with van der Waals surface area (Å²) in [5.41, 5.74) is 0.423. The molecule has 0 saturated heterocycles. The number of amides is 2. The highest BCUT2D eigenvalue weighted by atomic mass is 35.5. The summed E-state index contributed by atoms with van der Waals surface area (Å²) in [6.07, 6.45) is 5.65. The molecular formula is C43H47ClF3N9O5. The molecule has 6 N–H and O–H groups in total. The molecule has 61 heavy (non-hydrogen) atoms. The van der Waals surface area contributed by atoms with Gasteiger partial charge in [-0.1, -0.05) is 36.6 Å². The van der Waals surface area contributed by atoms with E-state index in [1.165, 1.54) is 18.6 Å². The Morgan fingerprint density at radius 1 is 0.820 bits per heavy atom.